The molecule has 0 aliphatic carbocycles. The summed E-state index contributed by atoms with van der Waals surface area (Å²) in [5.41, 5.74) is -1.04. The highest BCUT2D eigenvalue weighted by Crippen LogP contribution is 2.37. The molecule has 4 rings (SSSR count). The first-order valence-corrected chi connectivity index (χ1v) is 12.6. The van der Waals surface area contributed by atoms with Gasteiger partial charge in [-0.25, -0.2) is 13.3 Å². The summed E-state index contributed by atoms with van der Waals surface area (Å²) in [6.45, 7) is 1.33. The fraction of sp³-hybridized carbons (Fsp3) is 0.0476. The lowest BCUT2D eigenvalue weighted by atomic mass is 10.1. The SMILES string of the molecule is Cc1c(NS(=O)(=O)c2cccc([N+](=O)[O-])c2)cc(S(=O)(=O)O)cc1N1C(=O)c2ccccc2C1=O. The highest BCUT2D eigenvalue weighted by atomic mass is 32.2. The van der Waals surface area contributed by atoms with Gasteiger partial charge < -0.3 is 0 Å². The Kier molecular flexibility index (Phi) is 5.67. The van der Waals surface area contributed by atoms with Gasteiger partial charge in [-0.2, -0.15) is 8.42 Å². The monoisotopic (exact) mass is 517 g/mol. The summed E-state index contributed by atoms with van der Waals surface area (Å²) < 4.78 is 61.4. The van der Waals surface area contributed by atoms with Gasteiger partial charge in [0.05, 0.1) is 37.2 Å². The van der Waals surface area contributed by atoms with Crippen molar-refractivity contribution in [1.82, 2.24) is 0 Å². The number of imide groups is 1. The lowest BCUT2D eigenvalue weighted by Gasteiger charge is -2.21. The van der Waals surface area contributed by atoms with Gasteiger partial charge in [-0.15, -0.1) is 0 Å². The van der Waals surface area contributed by atoms with Crippen LogP contribution >= 0.6 is 0 Å². The Hall–Kier alpha value is -4.14. The van der Waals surface area contributed by atoms with Crippen LogP contribution in [0.4, 0.5) is 17.1 Å². The molecule has 2 N–H and O–H groups in total. The summed E-state index contributed by atoms with van der Waals surface area (Å²) in [5, 5.41) is 11.0. The van der Waals surface area contributed by atoms with Gasteiger partial charge in [0.2, 0.25) is 0 Å². The fourth-order valence-electron chi connectivity index (χ4n) is 3.54. The van der Waals surface area contributed by atoms with E-state index in [-0.39, 0.29) is 28.1 Å². The zero-order valence-corrected chi connectivity index (χ0v) is 19.3. The van der Waals surface area contributed by atoms with Crippen LogP contribution in [0.15, 0.2) is 70.5 Å². The van der Waals surface area contributed by atoms with Crippen molar-refractivity contribution in [3.8, 4) is 0 Å². The number of carbonyl (C=O) groups excluding carboxylic acids is 2. The summed E-state index contributed by atoms with van der Waals surface area (Å²) in [5.74, 6) is -1.54. The zero-order chi connectivity index (χ0) is 25.7. The number of nitro groups is 1. The average Bonchev–Trinajstić information content (AvgIpc) is 3.05. The molecule has 0 radical (unpaired) electrons. The Morgan fingerprint density at radius 2 is 1.49 bits per heavy atom. The fourth-order valence-corrected chi connectivity index (χ4v) is 5.22. The summed E-state index contributed by atoms with van der Waals surface area (Å²) in [7, 11) is -9.40. The van der Waals surface area contributed by atoms with Crippen LogP contribution < -0.4 is 9.62 Å². The number of nitrogens with one attached hydrogen (secondary N) is 1. The molecule has 3 aromatic rings. The van der Waals surface area contributed by atoms with E-state index in [1.807, 2.05) is 0 Å². The topological polar surface area (TPSA) is 181 Å². The first-order chi connectivity index (χ1) is 16.3. The average molecular weight is 517 g/mol. The number of carbonyl (C=O) groups is 2. The predicted octanol–water partition coefficient (Wildman–Crippen LogP) is 2.75. The normalized spacial score (nSPS) is 13.6. The lowest BCUT2D eigenvalue weighted by Crippen LogP contribution is -2.30. The Balaban J connectivity index is 1.86. The van der Waals surface area contributed by atoms with E-state index >= 15 is 0 Å². The number of sulfonamides is 1. The van der Waals surface area contributed by atoms with E-state index in [1.165, 1.54) is 31.2 Å². The molecule has 35 heavy (non-hydrogen) atoms. The van der Waals surface area contributed by atoms with Crippen molar-refractivity contribution in [2.45, 2.75) is 16.7 Å². The lowest BCUT2D eigenvalue weighted by molar-refractivity contribution is -0.385. The highest BCUT2D eigenvalue weighted by molar-refractivity contribution is 7.92. The zero-order valence-electron chi connectivity index (χ0n) is 17.7. The number of amides is 2. The molecule has 0 atom stereocenters. The quantitative estimate of drug-likeness (QED) is 0.215. The van der Waals surface area contributed by atoms with Crippen molar-refractivity contribution in [2.75, 3.05) is 9.62 Å². The number of nitro benzene ring substituents is 1. The third-order valence-electron chi connectivity index (χ3n) is 5.27. The molecule has 0 saturated carbocycles. The summed E-state index contributed by atoms with van der Waals surface area (Å²) >= 11 is 0. The van der Waals surface area contributed by atoms with Gasteiger partial charge in [-0.3, -0.25) is 29.0 Å². The third-order valence-corrected chi connectivity index (χ3v) is 7.46. The van der Waals surface area contributed by atoms with Gasteiger partial charge in [0.25, 0.3) is 37.6 Å². The van der Waals surface area contributed by atoms with Crippen LogP contribution in [0, 0.1) is 17.0 Å². The molecule has 1 aliphatic heterocycles. The molecule has 1 aliphatic rings. The van der Waals surface area contributed by atoms with E-state index in [0.29, 0.717) is 4.90 Å². The third kappa shape index (κ3) is 4.25. The number of benzene rings is 3. The van der Waals surface area contributed by atoms with Crippen molar-refractivity contribution < 1.29 is 35.9 Å². The molecule has 12 nitrogen and oxygen atoms in total. The van der Waals surface area contributed by atoms with Gasteiger partial charge in [0.15, 0.2) is 0 Å². The molecular weight excluding hydrogens is 502 g/mol. The Bertz CT molecular complexity index is 1610. The molecule has 0 bridgehead atoms. The number of hydrogen-bond donors (Lipinski definition) is 2. The largest absolute Gasteiger partial charge is 0.294 e. The van der Waals surface area contributed by atoms with Crippen LogP contribution in [-0.4, -0.2) is 38.1 Å². The first kappa shape index (κ1) is 24.0. The molecule has 3 aromatic carbocycles. The van der Waals surface area contributed by atoms with Crippen LogP contribution in [-0.2, 0) is 20.1 Å². The Morgan fingerprint density at radius 1 is 0.886 bits per heavy atom. The van der Waals surface area contributed by atoms with E-state index in [2.05, 4.69) is 4.72 Å². The van der Waals surface area contributed by atoms with Crippen molar-refractivity contribution >= 4 is 49.0 Å². The summed E-state index contributed by atoms with van der Waals surface area (Å²) in [6, 6.07) is 11.7. The molecule has 0 unspecified atom stereocenters. The molecule has 14 heteroatoms. The van der Waals surface area contributed by atoms with Gasteiger partial charge in [0.1, 0.15) is 0 Å². The molecule has 180 valence electrons. The molecule has 1 heterocycles. The maximum atomic E-state index is 12.9. The molecule has 0 fully saturated rings. The van der Waals surface area contributed by atoms with Crippen LogP contribution in [0.1, 0.15) is 26.3 Å². The van der Waals surface area contributed by atoms with Crippen LogP contribution in [0.3, 0.4) is 0 Å². The molecule has 0 spiro atoms. The molecule has 2 amide bonds. The van der Waals surface area contributed by atoms with E-state index in [1.54, 1.807) is 0 Å². The van der Waals surface area contributed by atoms with Crippen molar-refractivity contribution in [3.63, 3.8) is 0 Å². The van der Waals surface area contributed by atoms with Gasteiger partial charge in [-0.05, 0) is 42.8 Å². The van der Waals surface area contributed by atoms with Crippen LogP contribution in [0.5, 0.6) is 0 Å². The summed E-state index contributed by atoms with van der Waals surface area (Å²) in [4.78, 5) is 35.5. The maximum Gasteiger partial charge on any atom is 0.294 e. The van der Waals surface area contributed by atoms with Gasteiger partial charge >= 0.3 is 0 Å². The van der Waals surface area contributed by atoms with E-state index in [9.17, 15) is 41.1 Å². The van der Waals surface area contributed by atoms with Crippen LogP contribution in [0.25, 0.3) is 0 Å². The number of anilines is 2. The standard InChI is InChI=1S/C21H15N3O9S2/c1-12-18(22-34(29,30)14-6-4-5-13(9-14)24(27)28)10-15(35(31,32)33)11-19(12)23-20(25)16-7-2-3-8-17(16)21(23)26/h2-11,22H,1H3,(H,31,32,33). The second-order valence-corrected chi connectivity index (χ2v) is 10.5. The van der Waals surface area contributed by atoms with E-state index in [4.69, 9.17) is 0 Å². The van der Waals surface area contributed by atoms with Gasteiger partial charge in [-0.1, -0.05) is 18.2 Å². The van der Waals surface area contributed by atoms with Crippen LogP contribution in [0.2, 0.25) is 0 Å². The minimum atomic E-state index is -4.91. The van der Waals surface area contributed by atoms with Crippen molar-refractivity contribution in [2.24, 2.45) is 0 Å². The maximum absolute atomic E-state index is 12.9. The number of non-ortho nitro benzene ring substituents is 1. The Morgan fingerprint density at radius 3 is 2.03 bits per heavy atom. The van der Waals surface area contributed by atoms with Gasteiger partial charge in [0, 0.05) is 12.1 Å². The minimum Gasteiger partial charge on any atom is -0.282 e. The van der Waals surface area contributed by atoms with Crippen molar-refractivity contribution in [3.05, 3.63) is 87.5 Å². The number of fused-ring (bicyclic) bond motifs is 1. The molecule has 0 saturated heterocycles. The van der Waals surface area contributed by atoms with E-state index < -0.39 is 52.4 Å². The van der Waals surface area contributed by atoms with E-state index in [0.717, 1.165) is 36.4 Å². The minimum absolute atomic E-state index is 0.0130. The number of hydrogen-bond acceptors (Lipinski definition) is 8. The predicted molar refractivity (Wildman–Crippen MR) is 122 cm³/mol. The first-order valence-electron chi connectivity index (χ1n) is 9.68. The smallest absolute Gasteiger partial charge is 0.282 e. The number of nitrogens with zero attached hydrogens (tertiary/aromatic N) is 2. The Labute approximate surface area is 198 Å². The molecular formula is C21H15N3O9S2. The summed E-state index contributed by atoms with van der Waals surface area (Å²) in [6.07, 6.45) is 0. The number of rotatable bonds is 6. The highest BCUT2D eigenvalue weighted by Gasteiger charge is 2.38. The second-order valence-electron chi connectivity index (χ2n) is 7.44. The second kappa shape index (κ2) is 8.26. The van der Waals surface area contributed by atoms with Crippen molar-refractivity contribution in [1.29, 1.82) is 0 Å². The molecule has 0 aromatic heterocycles.